The smallest absolute Gasteiger partial charge is 0.226 e. The van der Waals surface area contributed by atoms with Gasteiger partial charge in [-0.2, -0.15) is 0 Å². The van der Waals surface area contributed by atoms with E-state index in [1.165, 1.54) is 0 Å². The first kappa shape index (κ1) is 12.9. The van der Waals surface area contributed by atoms with Crippen molar-refractivity contribution in [2.24, 2.45) is 0 Å². The van der Waals surface area contributed by atoms with E-state index in [2.05, 4.69) is 5.32 Å². The Bertz CT molecular complexity index is 432. The van der Waals surface area contributed by atoms with Crippen LogP contribution in [0.15, 0.2) is 18.2 Å². The Morgan fingerprint density at radius 2 is 2.22 bits per heavy atom. The zero-order chi connectivity index (χ0) is 13.0. The predicted octanol–water partition coefficient (Wildman–Crippen LogP) is 1.58. The molecule has 0 unspecified atom stereocenters. The van der Waals surface area contributed by atoms with Crippen LogP contribution in [0.4, 0.5) is 5.69 Å². The maximum Gasteiger partial charge on any atom is 0.226 e. The van der Waals surface area contributed by atoms with E-state index in [4.69, 9.17) is 4.74 Å². The van der Waals surface area contributed by atoms with E-state index < -0.39 is 0 Å². The van der Waals surface area contributed by atoms with Crippen LogP contribution in [0.2, 0.25) is 0 Å². The van der Waals surface area contributed by atoms with E-state index >= 15 is 0 Å². The van der Waals surface area contributed by atoms with Gasteiger partial charge < -0.3 is 15.0 Å². The first-order chi connectivity index (χ1) is 8.74. The van der Waals surface area contributed by atoms with Crippen molar-refractivity contribution < 1.29 is 9.53 Å². The highest BCUT2D eigenvalue weighted by molar-refractivity contribution is 5.94. The highest BCUT2D eigenvalue weighted by Crippen LogP contribution is 2.33. The van der Waals surface area contributed by atoms with Crippen LogP contribution >= 0.6 is 0 Å². The third-order valence-corrected chi connectivity index (χ3v) is 3.27. The van der Waals surface area contributed by atoms with Crippen molar-refractivity contribution in [1.82, 2.24) is 5.32 Å². The second kappa shape index (κ2) is 5.87. The first-order valence-corrected chi connectivity index (χ1v) is 6.40. The van der Waals surface area contributed by atoms with Crippen LogP contribution in [-0.2, 0) is 11.2 Å². The highest BCUT2D eigenvalue weighted by Gasteiger charge is 2.21. The molecule has 0 aromatic heterocycles. The number of amides is 1. The van der Waals surface area contributed by atoms with Gasteiger partial charge in [-0.05, 0) is 32.0 Å². The minimum absolute atomic E-state index is 0.182. The molecule has 0 spiro atoms. The first-order valence-electron chi connectivity index (χ1n) is 6.40. The van der Waals surface area contributed by atoms with Crippen molar-refractivity contribution in [3.05, 3.63) is 23.8 Å². The summed E-state index contributed by atoms with van der Waals surface area (Å²) < 4.78 is 5.78. The molecule has 1 aliphatic heterocycles. The Kier molecular flexibility index (Phi) is 4.20. The summed E-state index contributed by atoms with van der Waals surface area (Å²) in [6.45, 7) is 1.46. The number of nitrogens with zero attached hydrogens (tertiary/aromatic N) is 1. The van der Waals surface area contributed by atoms with E-state index in [0.717, 1.165) is 36.4 Å². The summed E-state index contributed by atoms with van der Waals surface area (Å²) in [5, 5.41) is 3.06. The zero-order valence-electron chi connectivity index (χ0n) is 11.0. The fraction of sp³-hybridized carbons (Fsp3) is 0.500. The maximum atomic E-state index is 11.8. The van der Waals surface area contributed by atoms with E-state index in [1.807, 2.05) is 32.3 Å². The molecule has 0 atom stereocenters. The second-order valence-corrected chi connectivity index (χ2v) is 4.51. The number of nitrogens with one attached hydrogen (secondary N) is 1. The van der Waals surface area contributed by atoms with Gasteiger partial charge in [0.05, 0.1) is 5.69 Å². The molecule has 1 aromatic rings. The molecule has 0 aliphatic carbocycles. The van der Waals surface area contributed by atoms with Gasteiger partial charge in [-0.1, -0.05) is 6.07 Å². The van der Waals surface area contributed by atoms with Gasteiger partial charge in [0, 0.05) is 25.6 Å². The van der Waals surface area contributed by atoms with Crippen LogP contribution in [0.5, 0.6) is 5.75 Å². The van der Waals surface area contributed by atoms with E-state index in [9.17, 15) is 4.79 Å². The molecule has 18 heavy (non-hydrogen) atoms. The molecule has 1 amide bonds. The molecule has 98 valence electrons. The third-order valence-electron chi connectivity index (χ3n) is 3.27. The number of anilines is 1. The standard InChI is InChI=1S/C14H20N2O2/c1-15-9-10-18-13-7-4-6-12-11(13)5-3-8-14(17)16(12)2/h4,6-7,15H,3,5,8-10H2,1-2H3. The van der Waals surface area contributed by atoms with Gasteiger partial charge >= 0.3 is 0 Å². The van der Waals surface area contributed by atoms with Crippen LogP contribution in [-0.4, -0.2) is 33.2 Å². The molecule has 4 nitrogen and oxygen atoms in total. The van der Waals surface area contributed by atoms with Gasteiger partial charge in [-0.15, -0.1) is 0 Å². The quantitative estimate of drug-likeness (QED) is 0.823. The number of likely N-dealkylation sites (N-methyl/N-ethyl adjacent to an activating group) is 1. The Morgan fingerprint density at radius 1 is 1.39 bits per heavy atom. The molecule has 1 N–H and O–H groups in total. The molecule has 4 heteroatoms. The monoisotopic (exact) mass is 248 g/mol. The number of benzene rings is 1. The van der Waals surface area contributed by atoms with Crippen LogP contribution < -0.4 is 15.0 Å². The summed E-state index contributed by atoms with van der Waals surface area (Å²) in [4.78, 5) is 13.6. The summed E-state index contributed by atoms with van der Waals surface area (Å²) in [7, 11) is 3.74. The average molecular weight is 248 g/mol. The lowest BCUT2D eigenvalue weighted by Gasteiger charge is -2.19. The fourth-order valence-electron chi connectivity index (χ4n) is 2.24. The predicted molar refractivity (Wildman–Crippen MR) is 72.2 cm³/mol. The molecule has 1 aliphatic rings. The topological polar surface area (TPSA) is 41.6 Å². The molecule has 0 radical (unpaired) electrons. The van der Waals surface area contributed by atoms with Gasteiger partial charge in [0.2, 0.25) is 5.91 Å². The molecule has 0 saturated carbocycles. The van der Waals surface area contributed by atoms with Crippen molar-refractivity contribution in [1.29, 1.82) is 0 Å². The zero-order valence-corrected chi connectivity index (χ0v) is 11.0. The van der Waals surface area contributed by atoms with E-state index in [0.29, 0.717) is 13.0 Å². The van der Waals surface area contributed by atoms with Crippen molar-refractivity contribution >= 4 is 11.6 Å². The summed E-state index contributed by atoms with van der Waals surface area (Å²) in [6.07, 6.45) is 2.41. The highest BCUT2D eigenvalue weighted by atomic mass is 16.5. The lowest BCUT2D eigenvalue weighted by molar-refractivity contribution is -0.118. The Balaban J connectivity index is 2.25. The number of carbonyl (C=O) groups is 1. The van der Waals surface area contributed by atoms with Crippen molar-refractivity contribution in [3.63, 3.8) is 0 Å². The van der Waals surface area contributed by atoms with Gasteiger partial charge in [-0.25, -0.2) is 0 Å². The molecular formula is C14H20N2O2. The lowest BCUT2D eigenvalue weighted by atomic mass is 10.1. The lowest BCUT2D eigenvalue weighted by Crippen LogP contribution is -2.25. The summed E-state index contributed by atoms with van der Waals surface area (Å²) in [5.41, 5.74) is 2.14. The number of hydrogen-bond donors (Lipinski definition) is 1. The number of carbonyl (C=O) groups excluding carboxylic acids is 1. The molecular weight excluding hydrogens is 228 g/mol. The Hall–Kier alpha value is -1.55. The fourth-order valence-corrected chi connectivity index (χ4v) is 2.24. The van der Waals surface area contributed by atoms with Crippen LogP contribution in [0.3, 0.4) is 0 Å². The summed E-state index contributed by atoms with van der Waals surface area (Å²) >= 11 is 0. The number of rotatable bonds is 4. The number of ether oxygens (including phenoxy) is 1. The summed E-state index contributed by atoms with van der Waals surface area (Å²) in [5.74, 6) is 1.09. The normalized spacial score (nSPS) is 15.2. The maximum absolute atomic E-state index is 11.8. The van der Waals surface area contributed by atoms with Gasteiger partial charge in [-0.3, -0.25) is 4.79 Å². The van der Waals surface area contributed by atoms with Gasteiger partial charge in [0.25, 0.3) is 0 Å². The van der Waals surface area contributed by atoms with Crippen molar-refractivity contribution in [2.75, 3.05) is 32.1 Å². The minimum atomic E-state index is 0.182. The minimum Gasteiger partial charge on any atom is -0.492 e. The van der Waals surface area contributed by atoms with E-state index in [-0.39, 0.29) is 5.91 Å². The Morgan fingerprint density at radius 3 is 3.00 bits per heavy atom. The number of fused-ring (bicyclic) bond motifs is 1. The molecule has 0 saturated heterocycles. The van der Waals surface area contributed by atoms with Crippen LogP contribution in [0.25, 0.3) is 0 Å². The largest absolute Gasteiger partial charge is 0.492 e. The second-order valence-electron chi connectivity index (χ2n) is 4.51. The number of hydrogen-bond acceptors (Lipinski definition) is 3. The molecule has 1 heterocycles. The molecule has 1 aromatic carbocycles. The SMILES string of the molecule is CNCCOc1cccc2c1CCCC(=O)N2C. The summed E-state index contributed by atoms with van der Waals surface area (Å²) in [6, 6.07) is 5.92. The molecule has 0 fully saturated rings. The van der Waals surface area contributed by atoms with E-state index in [1.54, 1.807) is 4.90 Å². The van der Waals surface area contributed by atoms with Crippen molar-refractivity contribution in [3.8, 4) is 5.75 Å². The van der Waals surface area contributed by atoms with Crippen LogP contribution in [0.1, 0.15) is 18.4 Å². The molecule has 2 rings (SSSR count). The third kappa shape index (κ3) is 2.64. The van der Waals surface area contributed by atoms with Crippen LogP contribution in [0, 0.1) is 0 Å². The van der Waals surface area contributed by atoms with Gasteiger partial charge in [0.15, 0.2) is 0 Å². The molecule has 0 bridgehead atoms. The van der Waals surface area contributed by atoms with Gasteiger partial charge in [0.1, 0.15) is 12.4 Å². The average Bonchev–Trinajstić information content (AvgIpc) is 2.52. The Labute approximate surface area is 108 Å². The van der Waals surface area contributed by atoms with Crippen molar-refractivity contribution in [2.45, 2.75) is 19.3 Å².